The van der Waals surface area contributed by atoms with E-state index in [2.05, 4.69) is 225 Å². The predicted octanol–water partition coefficient (Wildman–Crippen LogP) is 14.7. The zero-order valence-electron chi connectivity index (χ0n) is 36.2. The SMILES string of the molecule is CC1CC=Cc2cccc(-c3nc(-c4ccc(C5(C6C=CC=CC6)c6ccccc6C6(c7ccccc7)c7ccccc7-c7cccc5c76)cc4)nc(-c4cccc5ccccc45)n3)c21. The fraction of sp³-hybridized carbons (Fsp3) is 0.113. The fourth-order valence-corrected chi connectivity index (χ4v) is 12.3. The van der Waals surface area contributed by atoms with E-state index in [1.165, 1.54) is 61.2 Å². The number of fused-ring (bicyclic) bond motifs is 7. The number of aromatic nitrogens is 3. The van der Waals surface area contributed by atoms with Gasteiger partial charge in [0.25, 0.3) is 0 Å². The van der Waals surface area contributed by atoms with Crippen molar-refractivity contribution in [3.63, 3.8) is 0 Å². The van der Waals surface area contributed by atoms with Gasteiger partial charge in [0.1, 0.15) is 0 Å². The normalized spacial score (nSPS) is 20.8. The molecule has 3 heteroatoms. The van der Waals surface area contributed by atoms with Crippen LogP contribution in [0.15, 0.2) is 212 Å². The summed E-state index contributed by atoms with van der Waals surface area (Å²) >= 11 is 0. The molecule has 0 radical (unpaired) electrons. The highest BCUT2D eigenvalue weighted by atomic mass is 15.0. The third-order valence-corrected chi connectivity index (χ3v) is 14.9. The second-order valence-electron chi connectivity index (χ2n) is 18.2. The van der Waals surface area contributed by atoms with Crippen LogP contribution in [0.25, 0.3) is 62.1 Å². The molecule has 308 valence electrons. The first-order chi connectivity index (χ1) is 32.2. The van der Waals surface area contributed by atoms with Crippen LogP contribution in [0, 0.1) is 5.92 Å². The summed E-state index contributed by atoms with van der Waals surface area (Å²) in [4.78, 5) is 16.0. The molecule has 4 aliphatic carbocycles. The van der Waals surface area contributed by atoms with Crippen molar-refractivity contribution in [2.75, 3.05) is 0 Å². The second kappa shape index (κ2) is 14.7. The maximum absolute atomic E-state index is 5.37. The Labute approximate surface area is 380 Å². The van der Waals surface area contributed by atoms with Gasteiger partial charge in [-0.1, -0.05) is 225 Å². The molecule has 65 heavy (non-hydrogen) atoms. The van der Waals surface area contributed by atoms with Gasteiger partial charge in [-0.3, -0.25) is 0 Å². The molecule has 0 spiro atoms. The van der Waals surface area contributed by atoms with E-state index in [9.17, 15) is 0 Å². The second-order valence-corrected chi connectivity index (χ2v) is 18.2. The molecule has 1 heterocycles. The van der Waals surface area contributed by atoms with E-state index in [1.54, 1.807) is 0 Å². The molecule has 4 aliphatic rings. The molecule has 0 fully saturated rings. The van der Waals surface area contributed by atoms with Crippen LogP contribution in [0.2, 0.25) is 0 Å². The summed E-state index contributed by atoms with van der Waals surface area (Å²) in [5, 5.41) is 2.28. The first kappa shape index (κ1) is 37.8. The lowest BCUT2D eigenvalue weighted by atomic mass is 9.49. The summed E-state index contributed by atoms with van der Waals surface area (Å²) in [6, 6.07) is 67.4. The molecule has 0 N–H and O–H groups in total. The van der Waals surface area contributed by atoms with Crippen LogP contribution in [0.1, 0.15) is 75.8 Å². The molecule has 0 bridgehead atoms. The minimum atomic E-state index is -0.507. The smallest absolute Gasteiger partial charge is 0.164 e. The molecule has 0 amide bonds. The van der Waals surface area contributed by atoms with Gasteiger partial charge in [0.2, 0.25) is 0 Å². The van der Waals surface area contributed by atoms with E-state index >= 15 is 0 Å². The van der Waals surface area contributed by atoms with Crippen LogP contribution in [0.3, 0.4) is 0 Å². The van der Waals surface area contributed by atoms with Crippen molar-refractivity contribution in [2.45, 2.75) is 36.5 Å². The summed E-state index contributed by atoms with van der Waals surface area (Å²) in [5.41, 5.74) is 16.6. The Morgan fingerprint density at radius 2 is 1.11 bits per heavy atom. The van der Waals surface area contributed by atoms with Crippen molar-refractivity contribution < 1.29 is 0 Å². The Kier molecular flexibility index (Phi) is 8.52. The average molecular weight is 832 g/mol. The number of hydrogen-bond donors (Lipinski definition) is 0. The van der Waals surface area contributed by atoms with Crippen molar-refractivity contribution >= 4 is 16.8 Å². The van der Waals surface area contributed by atoms with Crippen LogP contribution in [-0.2, 0) is 10.8 Å². The Morgan fingerprint density at radius 3 is 1.95 bits per heavy atom. The summed E-state index contributed by atoms with van der Waals surface area (Å²) in [6.07, 6.45) is 15.7. The molecule has 0 aliphatic heterocycles. The molecular formula is C62H45N3. The average Bonchev–Trinajstić information content (AvgIpc) is 3.69. The van der Waals surface area contributed by atoms with E-state index in [0.717, 1.165) is 40.3 Å². The quantitative estimate of drug-likeness (QED) is 0.168. The van der Waals surface area contributed by atoms with Crippen LogP contribution < -0.4 is 0 Å². The molecule has 4 unspecified atom stereocenters. The molecular weight excluding hydrogens is 787 g/mol. The minimum absolute atomic E-state index is 0.158. The third kappa shape index (κ3) is 5.39. The highest BCUT2D eigenvalue weighted by molar-refractivity contribution is 5.96. The van der Waals surface area contributed by atoms with Gasteiger partial charge in [0, 0.05) is 16.7 Å². The van der Waals surface area contributed by atoms with Crippen LogP contribution in [0.4, 0.5) is 0 Å². The van der Waals surface area contributed by atoms with Gasteiger partial charge in [0.05, 0.1) is 10.8 Å². The summed E-state index contributed by atoms with van der Waals surface area (Å²) in [6.45, 7) is 2.31. The Balaban J connectivity index is 1.05. The Bertz CT molecular complexity index is 3460. The van der Waals surface area contributed by atoms with Gasteiger partial charge >= 0.3 is 0 Å². The molecule has 0 saturated heterocycles. The van der Waals surface area contributed by atoms with Gasteiger partial charge in [-0.25, -0.2) is 15.0 Å². The summed E-state index contributed by atoms with van der Waals surface area (Å²) < 4.78 is 0. The van der Waals surface area contributed by atoms with Crippen molar-refractivity contribution in [1.29, 1.82) is 0 Å². The number of hydrogen-bond acceptors (Lipinski definition) is 3. The highest BCUT2D eigenvalue weighted by Gasteiger charge is 2.58. The lowest BCUT2D eigenvalue weighted by molar-refractivity contribution is 0.424. The fourth-order valence-electron chi connectivity index (χ4n) is 12.3. The van der Waals surface area contributed by atoms with Crippen molar-refractivity contribution in [3.8, 4) is 45.3 Å². The lowest BCUT2D eigenvalue weighted by Crippen LogP contribution is -2.47. The number of rotatable bonds is 6. The van der Waals surface area contributed by atoms with E-state index in [0.29, 0.717) is 23.4 Å². The van der Waals surface area contributed by atoms with Crippen LogP contribution in [-0.4, -0.2) is 15.0 Å². The first-order valence-corrected chi connectivity index (χ1v) is 23.0. The molecule has 1 aromatic heterocycles. The Morgan fingerprint density at radius 1 is 0.462 bits per heavy atom. The molecule has 3 nitrogen and oxygen atoms in total. The van der Waals surface area contributed by atoms with Gasteiger partial charge in [-0.2, -0.15) is 0 Å². The standard InChI is InChI=1S/C62H45N3/c1-40-18-14-21-42-22-16-31-51(56(40)42)60-64-58(63-59(65-60)50-30-15-20-41-19-8-9-27-47(41)50)43-36-38-46(39-37-43)61(44-23-4-2-5-24-44)53-33-12-13-34-54(53)62(45-25-6-3-7-26-45)52-32-11-10-28-48(52)49-29-17-35-55(61)57(49)62/h2-17,19-23,25-40,44H,18,24H2,1H3. The number of benzene rings is 8. The van der Waals surface area contributed by atoms with Gasteiger partial charge in [-0.15, -0.1) is 0 Å². The van der Waals surface area contributed by atoms with Gasteiger partial charge < -0.3 is 0 Å². The third-order valence-electron chi connectivity index (χ3n) is 14.9. The van der Waals surface area contributed by atoms with E-state index in [1.807, 2.05) is 0 Å². The summed E-state index contributed by atoms with van der Waals surface area (Å²) in [5.74, 6) is 2.55. The maximum Gasteiger partial charge on any atom is 0.164 e. The predicted molar refractivity (Wildman–Crippen MR) is 266 cm³/mol. The van der Waals surface area contributed by atoms with Gasteiger partial charge in [0.15, 0.2) is 17.5 Å². The molecule has 0 saturated carbocycles. The summed E-state index contributed by atoms with van der Waals surface area (Å²) in [7, 11) is 0. The molecule has 9 aromatic rings. The topological polar surface area (TPSA) is 38.7 Å². The maximum atomic E-state index is 5.37. The zero-order chi connectivity index (χ0) is 43.1. The van der Waals surface area contributed by atoms with Crippen LogP contribution >= 0.6 is 0 Å². The van der Waals surface area contributed by atoms with Crippen molar-refractivity contribution in [2.24, 2.45) is 5.92 Å². The monoisotopic (exact) mass is 831 g/mol. The highest BCUT2D eigenvalue weighted by Crippen LogP contribution is 2.66. The van der Waals surface area contributed by atoms with E-state index in [-0.39, 0.29) is 5.92 Å². The minimum Gasteiger partial charge on any atom is -0.208 e. The Hall–Kier alpha value is -7.75. The van der Waals surface area contributed by atoms with Crippen LogP contribution in [0.5, 0.6) is 0 Å². The van der Waals surface area contributed by atoms with E-state index in [4.69, 9.17) is 15.0 Å². The lowest BCUT2D eigenvalue weighted by Gasteiger charge is -2.52. The molecule has 4 atom stereocenters. The number of allylic oxidation sites excluding steroid dienone is 5. The van der Waals surface area contributed by atoms with Crippen molar-refractivity contribution in [1.82, 2.24) is 15.0 Å². The first-order valence-electron chi connectivity index (χ1n) is 23.0. The molecule has 13 rings (SSSR count). The largest absolute Gasteiger partial charge is 0.208 e. The van der Waals surface area contributed by atoms with Crippen molar-refractivity contribution in [3.05, 3.63) is 262 Å². The van der Waals surface area contributed by atoms with Gasteiger partial charge in [-0.05, 0) is 96.6 Å². The van der Waals surface area contributed by atoms with E-state index < -0.39 is 10.8 Å². The molecule has 8 aromatic carbocycles. The zero-order valence-corrected chi connectivity index (χ0v) is 36.2. The number of nitrogens with zero attached hydrogens (tertiary/aromatic N) is 3.